The number of nitrogens with zero attached hydrogens (tertiary/aromatic N) is 5. The van der Waals surface area contributed by atoms with Gasteiger partial charge in [0.05, 0.1) is 17.3 Å². The number of benzene rings is 1. The molecule has 8 heteroatoms. The van der Waals surface area contributed by atoms with Gasteiger partial charge in [0.15, 0.2) is 0 Å². The van der Waals surface area contributed by atoms with Gasteiger partial charge in [-0.1, -0.05) is 6.07 Å². The number of piperazine rings is 1. The summed E-state index contributed by atoms with van der Waals surface area (Å²) in [7, 11) is 0. The molecule has 0 spiro atoms. The molecule has 0 radical (unpaired) electrons. The summed E-state index contributed by atoms with van der Waals surface area (Å²) in [5.74, 6) is 0.680. The highest BCUT2D eigenvalue weighted by atomic mass is 16.2. The van der Waals surface area contributed by atoms with Crippen molar-refractivity contribution in [2.75, 3.05) is 22.9 Å². The SMILES string of the molecule is N#Cc1cccc(C(=O)N2C3CCC2CN(c2cc(N(C=O)C4CC4)nc4[nH]ccc24)C3)c1. The van der Waals surface area contributed by atoms with Gasteiger partial charge >= 0.3 is 0 Å². The first kappa shape index (κ1) is 19.8. The second-order valence-electron chi connectivity index (χ2n) is 9.18. The smallest absolute Gasteiger partial charge is 0.254 e. The van der Waals surface area contributed by atoms with Gasteiger partial charge in [-0.15, -0.1) is 0 Å². The van der Waals surface area contributed by atoms with Crippen LogP contribution in [0.4, 0.5) is 11.5 Å². The van der Waals surface area contributed by atoms with Crippen molar-refractivity contribution in [2.24, 2.45) is 0 Å². The van der Waals surface area contributed by atoms with Gasteiger partial charge in [0.1, 0.15) is 11.5 Å². The van der Waals surface area contributed by atoms with Crippen LogP contribution >= 0.6 is 0 Å². The lowest BCUT2D eigenvalue weighted by molar-refractivity contribution is -0.107. The zero-order chi connectivity index (χ0) is 22.5. The highest BCUT2D eigenvalue weighted by Crippen LogP contribution is 2.39. The van der Waals surface area contributed by atoms with Gasteiger partial charge in [0.2, 0.25) is 6.41 Å². The highest BCUT2D eigenvalue weighted by Gasteiger charge is 2.43. The van der Waals surface area contributed by atoms with Crippen LogP contribution in [0.5, 0.6) is 0 Å². The molecule has 2 aromatic heterocycles. The lowest BCUT2D eigenvalue weighted by Crippen LogP contribution is -2.56. The Balaban J connectivity index is 1.31. The molecule has 33 heavy (non-hydrogen) atoms. The van der Waals surface area contributed by atoms with E-state index >= 15 is 0 Å². The van der Waals surface area contributed by atoms with Crippen molar-refractivity contribution in [3.63, 3.8) is 0 Å². The van der Waals surface area contributed by atoms with E-state index in [1.54, 1.807) is 29.2 Å². The minimum atomic E-state index is 0.00215. The number of hydrogen-bond acceptors (Lipinski definition) is 5. The average molecular weight is 441 g/mol. The van der Waals surface area contributed by atoms with Crippen LogP contribution in [0, 0.1) is 11.3 Å². The fraction of sp³-hybridized carbons (Fsp3) is 0.360. The number of aromatic nitrogens is 2. The number of hydrogen-bond donors (Lipinski definition) is 1. The van der Waals surface area contributed by atoms with Gasteiger partial charge in [-0.2, -0.15) is 5.26 Å². The first-order valence-corrected chi connectivity index (χ1v) is 11.5. The number of fused-ring (bicyclic) bond motifs is 3. The van der Waals surface area contributed by atoms with Crippen LogP contribution in [0.15, 0.2) is 42.6 Å². The fourth-order valence-corrected chi connectivity index (χ4v) is 5.38. The van der Waals surface area contributed by atoms with E-state index in [1.807, 2.05) is 23.2 Å². The van der Waals surface area contributed by atoms with Crippen LogP contribution in [0.25, 0.3) is 11.0 Å². The third kappa shape index (κ3) is 3.32. The highest BCUT2D eigenvalue weighted by molar-refractivity contribution is 5.96. The number of H-pyrrole nitrogens is 1. The second-order valence-corrected chi connectivity index (χ2v) is 9.18. The monoisotopic (exact) mass is 440 g/mol. The maximum atomic E-state index is 13.3. The molecule has 4 heterocycles. The Kier molecular flexibility index (Phi) is 4.57. The molecule has 6 rings (SSSR count). The first-order valence-electron chi connectivity index (χ1n) is 11.5. The molecular formula is C25H24N6O2. The molecule has 1 N–H and O–H groups in total. The molecule has 8 nitrogen and oxygen atoms in total. The molecule has 2 saturated heterocycles. The number of rotatable bonds is 5. The summed E-state index contributed by atoms with van der Waals surface area (Å²) in [5.41, 5.74) is 2.90. The van der Waals surface area contributed by atoms with Gasteiger partial charge in [0, 0.05) is 54.4 Å². The molecule has 3 aliphatic rings. The maximum Gasteiger partial charge on any atom is 0.254 e. The third-order valence-corrected chi connectivity index (χ3v) is 7.11. The Morgan fingerprint density at radius 1 is 1.15 bits per heavy atom. The lowest BCUT2D eigenvalue weighted by Gasteiger charge is -2.42. The van der Waals surface area contributed by atoms with E-state index in [1.165, 1.54) is 0 Å². The van der Waals surface area contributed by atoms with Gasteiger partial charge < -0.3 is 14.8 Å². The molecule has 1 aliphatic carbocycles. The third-order valence-electron chi connectivity index (χ3n) is 7.11. The predicted octanol–water partition coefficient (Wildman–Crippen LogP) is 3.05. The van der Waals surface area contributed by atoms with Crippen molar-refractivity contribution in [3.8, 4) is 6.07 Å². The number of carbonyl (C=O) groups excluding carboxylic acids is 2. The normalized spacial score (nSPS) is 21.8. The first-order chi connectivity index (χ1) is 16.2. The van der Waals surface area contributed by atoms with Crippen molar-refractivity contribution in [3.05, 3.63) is 53.7 Å². The van der Waals surface area contributed by atoms with E-state index in [4.69, 9.17) is 4.98 Å². The van der Waals surface area contributed by atoms with E-state index in [9.17, 15) is 14.9 Å². The Labute approximate surface area is 191 Å². The van der Waals surface area contributed by atoms with Crippen molar-refractivity contribution < 1.29 is 9.59 Å². The van der Waals surface area contributed by atoms with Crippen molar-refractivity contribution >= 4 is 34.9 Å². The zero-order valence-corrected chi connectivity index (χ0v) is 18.1. The van der Waals surface area contributed by atoms with E-state index in [0.717, 1.165) is 61.9 Å². The summed E-state index contributed by atoms with van der Waals surface area (Å²) in [4.78, 5) is 39.1. The molecule has 2 atom stereocenters. The fourth-order valence-electron chi connectivity index (χ4n) is 5.38. The molecule has 2 aliphatic heterocycles. The second kappa shape index (κ2) is 7.62. The number of aromatic amines is 1. The summed E-state index contributed by atoms with van der Waals surface area (Å²) in [6.07, 6.45) is 6.70. The minimum absolute atomic E-state index is 0.00215. The molecule has 3 aromatic rings. The zero-order valence-electron chi connectivity index (χ0n) is 18.1. The Morgan fingerprint density at radius 3 is 2.64 bits per heavy atom. The van der Waals surface area contributed by atoms with E-state index in [2.05, 4.69) is 16.0 Å². The number of pyridine rings is 1. The number of nitriles is 1. The minimum Gasteiger partial charge on any atom is -0.367 e. The molecule has 2 amide bonds. The predicted molar refractivity (Wildman–Crippen MR) is 124 cm³/mol. The van der Waals surface area contributed by atoms with Crippen LogP contribution in [0.1, 0.15) is 41.6 Å². The van der Waals surface area contributed by atoms with Gasteiger partial charge in [-0.3, -0.25) is 14.5 Å². The summed E-state index contributed by atoms with van der Waals surface area (Å²) in [5, 5.41) is 10.2. The summed E-state index contributed by atoms with van der Waals surface area (Å²) >= 11 is 0. The van der Waals surface area contributed by atoms with E-state index in [-0.39, 0.29) is 24.0 Å². The Hall–Kier alpha value is -3.86. The molecule has 1 saturated carbocycles. The van der Waals surface area contributed by atoms with Gasteiger partial charge in [0.25, 0.3) is 5.91 Å². The molecule has 166 valence electrons. The standard InChI is InChI=1S/C25H24N6O2/c26-12-16-2-1-3-17(10-16)25(33)31-19-6-7-20(31)14-29(13-19)22-11-23(30(15-32)18-4-5-18)28-24-21(22)8-9-27-24/h1-3,8-11,15,18-20H,4-7,13-14H2,(H,27,28). The molecular weight excluding hydrogens is 416 g/mol. The number of nitrogens with one attached hydrogen (secondary N) is 1. The summed E-state index contributed by atoms with van der Waals surface area (Å²) in [6, 6.07) is 13.6. The van der Waals surface area contributed by atoms with Gasteiger partial charge in [-0.25, -0.2) is 4.98 Å². The summed E-state index contributed by atoms with van der Waals surface area (Å²) in [6.45, 7) is 1.46. The molecule has 2 unspecified atom stereocenters. The van der Waals surface area contributed by atoms with Crippen molar-refractivity contribution in [1.29, 1.82) is 5.26 Å². The summed E-state index contributed by atoms with van der Waals surface area (Å²) < 4.78 is 0. The quantitative estimate of drug-likeness (QED) is 0.615. The van der Waals surface area contributed by atoms with E-state index < -0.39 is 0 Å². The van der Waals surface area contributed by atoms with Crippen molar-refractivity contribution in [2.45, 2.75) is 43.8 Å². The molecule has 2 bridgehead atoms. The van der Waals surface area contributed by atoms with Gasteiger partial charge in [-0.05, 0) is 49.9 Å². The lowest BCUT2D eigenvalue weighted by atomic mass is 10.1. The maximum absolute atomic E-state index is 13.3. The van der Waals surface area contributed by atoms with Crippen LogP contribution in [0.2, 0.25) is 0 Å². The Bertz CT molecular complexity index is 1280. The average Bonchev–Trinajstić information content (AvgIpc) is 3.50. The number of anilines is 2. The number of amides is 2. The van der Waals surface area contributed by atoms with Crippen LogP contribution in [-0.2, 0) is 4.79 Å². The van der Waals surface area contributed by atoms with E-state index in [0.29, 0.717) is 16.9 Å². The van der Waals surface area contributed by atoms with Crippen LogP contribution in [0.3, 0.4) is 0 Å². The Morgan fingerprint density at radius 2 is 1.94 bits per heavy atom. The van der Waals surface area contributed by atoms with Crippen LogP contribution < -0.4 is 9.80 Å². The van der Waals surface area contributed by atoms with Crippen LogP contribution in [-0.4, -0.2) is 58.4 Å². The van der Waals surface area contributed by atoms with Crippen molar-refractivity contribution in [1.82, 2.24) is 14.9 Å². The largest absolute Gasteiger partial charge is 0.367 e. The topological polar surface area (TPSA) is 96.3 Å². The number of carbonyl (C=O) groups is 2. The molecule has 3 fully saturated rings. The molecule has 1 aromatic carbocycles.